The van der Waals surface area contributed by atoms with Gasteiger partial charge in [0, 0.05) is 10.6 Å². The van der Waals surface area contributed by atoms with Gasteiger partial charge in [-0.05, 0) is 71.2 Å². The Balaban J connectivity index is 1.78. The van der Waals surface area contributed by atoms with Gasteiger partial charge < -0.3 is 9.47 Å². The summed E-state index contributed by atoms with van der Waals surface area (Å²) in [5.74, 6) is 0.305. The van der Waals surface area contributed by atoms with Crippen LogP contribution < -0.4 is 20.3 Å². The highest BCUT2D eigenvalue weighted by Gasteiger charge is 2.11. The van der Waals surface area contributed by atoms with Crippen molar-refractivity contribution in [3.8, 4) is 11.5 Å². The number of amides is 2. The minimum absolute atomic E-state index is 0.239. The van der Waals surface area contributed by atoms with Crippen LogP contribution in [0.3, 0.4) is 0 Å². The van der Waals surface area contributed by atoms with Crippen molar-refractivity contribution in [2.75, 3.05) is 13.2 Å². The highest BCUT2D eigenvalue weighted by Crippen LogP contribution is 2.26. The van der Waals surface area contributed by atoms with Gasteiger partial charge in [0.15, 0.2) is 6.61 Å². The number of benzene rings is 2. The fourth-order valence-corrected chi connectivity index (χ4v) is 3.34. The van der Waals surface area contributed by atoms with E-state index in [1.54, 1.807) is 36.4 Å². The number of hydrogen-bond acceptors (Lipinski definition) is 4. The Bertz CT molecular complexity index is 876. The van der Waals surface area contributed by atoms with Crippen molar-refractivity contribution in [3.05, 3.63) is 57.0 Å². The number of ether oxygens (including phenoxy) is 2. The number of hydrazine groups is 1. The molecule has 0 saturated heterocycles. The molecule has 8 heteroatoms. The highest BCUT2D eigenvalue weighted by molar-refractivity contribution is 9.10. The lowest BCUT2D eigenvalue weighted by Gasteiger charge is -2.12. The van der Waals surface area contributed by atoms with E-state index in [0.29, 0.717) is 33.2 Å². The predicted octanol–water partition coefficient (Wildman–Crippen LogP) is 5.21. The van der Waals surface area contributed by atoms with Gasteiger partial charge in [-0.3, -0.25) is 20.4 Å². The molecule has 0 aliphatic heterocycles. The van der Waals surface area contributed by atoms with Crippen LogP contribution in [0, 0.1) is 6.92 Å². The third-order valence-electron chi connectivity index (χ3n) is 4.26. The van der Waals surface area contributed by atoms with Crippen molar-refractivity contribution in [1.29, 1.82) is 0 Å². The van der Waals surface area contributed by atoms with Crippen LogP contribution in [0.4, 0.5) is 0 Å². The van der Waals surface area contributed by atoms with Crippen molar-refractivity contribution >= 4 is 39.3 Å². The molecule has 2 aromatic carbocycles. The first-order chi connectivity index (χ1) is 14.4. The van der Waals surface area contributed by atoms with Crippen molar-refractivity contribution in [3.63, 3.8) is 0 Å². The maximum atomic E-state index is 12.3. The summed E-state index contributed by atoms with van der Waals surface area (Å²) in [6.45, 7) is 4.39. The summed E-state index contributed by atoms with van der Waals surface area (Å²) >= 11 is 9.31. The summed E-state index contributed by atoms with van der Waals surface area (Å²) in [4.78, 5) is 24.2. The van der Waals surface area contributed by atoms with E-state index in [2.05, 4.69) is 33.7 Å². The molecule has 0 heterocycles. The van der Waals surface area contributed by atoms with Gasteiger partial charge in [-0.15, -0.1) is 0 Å². The van der Waals surface area contributed by atoms with Gasteiger partial charge in [-0.25, -0.2) is 0 Å². The molecule has 0 radical (unpaired) electrons. The number of carbonyl (C=O) groups excluding carboxylic acids is 2. The molecule has 0 unspecified atom stereocenters. The summed E-state index contributed by atoms with van der Waals surface area (Å²) in [6, 6.07) is 10.1. The fourth-order valence-electron chi connectivity index (χ4n) is 2.62. The van der Waals surface area contributed by atoms with Gasteiger partial charge in [-0.2, -0.15) is 0 Å². The Morgan fingerprint density at radius 2 is 1.77 bits per heavy atom. The molecule has 6 nitrogen and oxygen atoms in total. The Morgan fingerprint density at radius 3 is 2.47 bits per heavy atom. The average Bonchev–Trinajstić information content (AvgIpc) is 2.72. The molecule has 0 aliphatic carbocycles. The zero-order valence-electron chi connectivity index (χ0n) is 17.1. The Morgan fingerprint density at radius 1 is 1.00 bits per heavy atom. The van der Waals surface area contributed by atoms with Crippen molar-refractivity contribution < 1.29 is 19.1 Å². The second-order valence-corrected chi connectivity index (χ2v) is 8.05. The molecule has 0 bridgehead atoms. The number of unbranched alkanes of at least 4 members (excludes halogenated alkanes) is 3. The zero-order chi connectivity index (χ0) is 21.9. The molecule has 0 spiro atoms. The van der Waals surface area contributed by atoms with Crippen molar-refractivity contribution in [2.24, 2.45) is 0 Å². The monoisotopic (exact) mass is 496 g/mol. The van der Waals surface area contributed by atoms with Crippen LogP contribution in [0.1, 0.15) is 48.5 Å². The van der Waals surface area contributed by atoms with Crippen molar-refractivity contribution in [2.45, 2.75) is 39.5 Å². The standard InChI is InChI=1S/C22H26BrClN2O4/c1-3-4-5-6-11-29-20-9-7-16(13-18(20)23)22(28)26-25-21(27)14-30-19-10-8-17(24)12-15(19)2/h7-10,12-13H,3-6,11,14H2,1-2H3,(H,25,27)(H,26,28). The van der Waals surface area contributed by atoms with E-state index in [4.69, 9.17) is 21.1 Å². The maximum Gasteiger partial charge on any atom is 0.276 e. The van der Waals surface area contributed by atoms with Crippen LogP contribution in [0.2, 0.25) is 5.02 Å². The fraction of sp³-hybridized carbons (Fsp3) is 0.364. The molecule has 2 rings (SSSR count). The van der Waals surface area contributed by atoms with E-state index in [9.17, 15) is 9.59 Å². The number of carbonyl (C=O) groups is 2. The first-order valence-electron chi connectivity index (χ1n) is 9.81. The molecule has 162 valence electrons. The zero-order valence-corrected chi connectivity index (χ0v) is 19.4. The summed E-state index contributed by atoms with van der Waals surface area (Å²) in [6.07, 6.45) is 4.50. The average molecular weight is 498 g/mol. The summed E-state index contributed by atoms with van der Waals surface area (Å²) in [5, 5.41) is 0.593. The quantitative estimate of drug-likeness (QED) is 0.349. The number of aryl methyl sites for hydroxylation is 1. The molecule has 2 amide bonds. The third kappa shape index (κ3) is 7.88. The largest absolute Gasteiger partial charge is 0.492 e. The SMILES string of the molecule is CCCCCCOc1ccc(C(=O)NNC(=O)COc2ccc(Cl)cc2C)cc1Br. The molecule has 30 heavy (non-hydrogen) atoms. The lowest BCUT2D eigenvalue weighted by molar-refractivity contribution is -0.123. The van der Waals surface area contributed by atoms with E-state index in [0.717, 1.165) is 18.4 Å². The molecular weight excluding hydrogens is 472 g/mol. The number of rotatable bonds is 10. The van der Waals surface area contributed by atoms with Crippen LogP contribution in [0.15, 0.2) is 40.9 Å². The molecule has 0 fully saturated rings. The van der Waals surface area contributed by atoms with Gasteiger partial charge in [-0.1, -0.05) is 37.8 Å². The summed E-state index contributed by atoms with van der Waals surface area (Å²) < 4.78 is 11.9. The number of hydrogen-bond donors (Lipinski definition) is 2. The Kier molecular flexibility index (Phi) is 9.97. The lowest BCUT2D eigenvalue weighted by atomic mass is 10.2. The van der Waals surface area contributed by atoms with Crippen LogP contribution >= 0.6 is 27.5 Å². The van der Waals surface area contributed by atoms with Crippen LogP contribution in [0.25, 0.3) is 0 Å². The molecule has 0 aliphatic rings. The maximum absolute atomic E-state index is 12.3. The Hall–Kier alpha value is -2.25. The lowest BCUT2D eigenvalue weighted by Crippen LogP contribution is -2.43. The van der Waals surface area contributed by atoms with Gasteiger partial charge >= 0.3 is 0 Å². The van der Waals surface area contributed by atoms with Crippen LogP contribution in [-0.4, -0.2) is 25.0 Å². The second kappa shape index (κ2) is 12.4. The smallest absolute Gasteiger partial charge is 0.276 e. The number of halogens is 2. The molecule has 0 saturated carbocycles. The van der Waals surface area contributed by atoms with Crippen LogP contribution in [0.5, 0.6) is 11.5 Å². The van der Waals surface area contributed by atoms with Crippen molar-refractivity contribution in [1.82, 2.24) is 10.9 Å². The minimum atomic E-state index is -0.483. The van der Waals surface area contributed by atoms with Gasteiger partial charge in [0.1, 0.15) is 11.5 Å². The normalized spacial score (nSPS) is 10.4. The van der Waals surface area contributed by atoms with E-state index >= 15 is 0 Å². The third-order valence-corrected chi connectivity index (χ3v) is 5.12. The first kappa shape index (κ1) is 24.0. The highest BCUT2D eigenvalue weighted by atomic mass is 79.9. The minimum Gasteiger partial charge on any atom is -0.492 e. The molecule has 0 aromatic heterocycles. The molecule has 2 N–H and O–H groups in total. The van der Waals surface area contributed by atoms with E-state index in [1.807, 2.05) is 6.92 Å². The molecular formula is C22H26BrClN2O4. The van der Waals surface area contributed by atoms with Gasteiger partial charge in [0.2, 0.25) is 0 Å². The second-order valence-electron chi connectivity index (χ2n) is 6.76. The van der Waals surface area contributed by atoms with E-state index < -0.39 is 11.8 Å². The van der Waals surface area contributed by atoms with E-state index in [-0.39, 0.29) is 6.61 Å². The van der Waals surface area contributed by atoms with Gasteiger partial charge in [0.25, 0.3) is 11.8 Å². The topological polar surface area (TPSA) is 76.7 Å². The number of nitrogens with one attached hydrogen (secondary N) is 2. The van der Waals surface area contributed by atoms with Crippen LogP contribution in [-0.2, 0) is 4.79 Å². The predicted molar refractivity (Wildman–Crippen MR) is 121 cm³/mol. The summed E-state index contributed by atoms with van der Waals surface area (Å²) in [7, 11) is 0. The van der Waals surface area contributed by atoms with E-state index in [1.165, 1.54) is 12.8 Å². The molecule has 2 aromatic rings. The first-order valence-corrected chi connectivity index (χ1v) is 11.0. The summed E-state index contributed by atoms with van der Waals surface area (Å²) in [5.41, 5.74) is 5.91. The Labute approximate surface area is 190 Å². The van der Waals surface area contributed by atoms with Gasteiger partial charge in [0.05, 0.1) is 11.1 Å². The molecule has 0 atom stereocenters.